The third-order valence-electron chi connectivity index (χ3n) is 4.13. The number of benzene rings is 1. The molecule has 0 saturated carbocycles. The van der Waals surface area contributed by atoms with E-state index >= 15 is 0 Å². The molecule has 1 heterocycles. The Morgan fingerprint density at radius 1 is 1.26 bits per heavy atom. The molecule has 10 heteroatoms. The Labute approximate surface area is 158 Å². The maximum atomic E-state index is 13.1. The monoisotopic (exact) mass is 406 g/mol. The van der Waals surface area contributed by atoms with Gasteiger partial charge in [0.15, 0.2) is 0 Å². The topological polar surface area (TPSA) is 75.7 Å². The average Bonchev–Trinajstić information content (AvgIpc) is 2.62. The Morgan fingerprint density at radius 2 is 1.89 bits per heavy atom. The number of nitrogens with one attached hydrogen (secondary N) is 1. The van der Waals surface area contributed by atoms with E-state index in [0.717, 1.165) is 6.07 Å². The Balaban J connectivity index is 2.02. The van der Waals surface area contributed by atoms with Gasteiger partial charge >= 0.3 is 24.0 Å². The predicted molar refractivity (Wildman–Crippen MR) is 91.0 cm³/mol. The van der Waals surface area contributed by atoms with Crippen molar-refractivity contribution in [2.75, 3.05) is 25.0 Å². The average molecular weight is 407 g/mol. The van der Waals surface area contributed by atoms with E-state index in [-0.39, 0.29) is 36.6 Å². The molecule has 1 aliphatic rings. The summed E-state index contributed by atoms with van der Waals surface area (Å²) in [7, 11) is 0. The normalized spacial score (nSPS) is 15.4. The lowest BCUT2D eigenvalue weighted by Crippen LogP contribution is -2.45. The second-order valence-corrected chi connectivity index (χ2v) is 6.40. The van der Waals surface area contributed by atoms with E-state index in [1.54, 1.807) is 6.92 Å². The van der Waals surface area contributed by atoms with E-state index in [2.05, 4.69) is 0 Å². The third-order valence-corrected chi connectivity index (χ3v) is 4.37. The minimum atomic E-state index is -4.74. The summed E-state index contributed by atoms with van der Waals surface area (Å²) in [4.78, 5) is 37.2. The number of ether oxygens (including phenoxy) is 1. The molecule has 0 aliphatic carbocycles. The first kappa shape index (κ1) is 21.0. The maximum Gasteiger partial charge on any atom is 0.418 e. The van der Waals surface area contributed by atoms with Crippen molar-refractivity contribution in [3.63, 3.8) is 0 Å². The van der Waals surface area contributed by atoms with Crippen LogP contribution in [0, 0.1) is 5.92 Å². The highest BCUT2D eigenvalue weighted by molar-refractivity contribution is 6.39. The largest absolute Gasteiger partial charge is 0.466 e. The van der Waals surface area contributed by atoms with Crippen LogP contribution in [-0.2, 0) is 25.3 Å². The maximum absolute atomic E-state index is 13.1. The molecule has 0 aromatic heterocycles. The Bertz CT molecular complexity index is 731. The van der Waals surface area contributed by atoms with Crippen molar-refractivity contribution >= 4 is 35.1 Å². The van der Waals surface area contributed by atoms with Gasteiger partial charge in [-0.2, -0.15) is 13.2 Å². The number of carbonyl (C=O) groups is 3. The number of anilines is 1. The number of piperidine rings is 1. The van der Waals surface area contributed by atoms with Crippen LogP contribution in [0.5, 0.6) is 0 Å². The zero-order chi connectivity index (χ0) is 20.2. The molecule has 0 bridgehead atoms. The second kappa shape index (κ2) is 8.60. The molecular weight excluding hydrogens is 389 g/mol. The van der Waals surface area contributed by atoms with E-state index in [9.17, 15) is 27.6 Å². The van der Waals surface area contributed by atoms with Crippen LogP contribution < -0.4 is 5.32 Å². The highest BCUT2D eigenvalue weighted by Crippen LogP contribution is 2.36. The van der Waals surface area contributed by atoms with Crippen LogP contribution in [0.4, 0.5) is 18.9 Å². The zero-order valence-electron chi connectivity index (χ0n) is 14.4. The van der Waals surface area contributed by atoms with E-state index in [1.807, 2.05) is 5.32 Å². The molecule has 1 fully saturated rings. The number of hydrogen-bond donors (Lipinski definition) is 1. The number of nitrogens with zero attached hydrogens (tertiary/aromatic N) is 1. The van der Waals surface area contributed by atoms with E-state index in [1.165, 1.54) is 11.0 Å². The van der Waals surface area contributed by atoms with Crippen LogP contribution in [0.3, 0.4) is 0 Å². The van der Waals surface area contributed by atoms with Gasteiger partial charge in [-0.15, -0.1) is 0 Å². The summed E-state index contributed by atoms with van der Waals surface area (Å²) in [6, 6.07) is 2.84. The van der Waals surface area contributed by atoms with Crippen molar-refractivity contribution in [3.8, 4) is 0 Å². The summed E-state index contributed by atoms with van der Waals surface area (Å²) < 4.78 is 44.1. The number of halogens is 4. The lowest BCUT2D eigenvalue weighted by molar-refractivity contribution is -0.152. The van der Waals surface area contributed by atoms with Crippen molar-refractivity contribution in [1.82, 2.24) is 4.90 Å². The SMILES string of the molecule is CCOC(=O)C1CCN(C(=O)C(=O)Nc2ccc(Cl)cc2C(F)(F)F)CC1. The molecular formula is C17H18ClF3N2O4. The fourth-order valence-corrected chi connectivity index (χ4v) is 2.93. The fourth-order valence-electron chi connectivity index (χ4n) is 2.76. The Kier molecular flexibility index (Phi) is 6.69. The van der Waals surface area contributed by atoms with Gasteiger partial charge in [0, 0.05) is 18.1 Å². The summed E-state index contributed by atoms with van der Waals surface area (Å²) in [6.07, 6.45) is -4.09. The Hall–Kier alpha value is -2.29. The number of alkyl halides is 3. The molecule has 148 valence electrons. The van der Waals surface area contributed by atoms with Gasteiger partial charge in [0.1, 0.15) is 0 Å². The van der Waals surface area contributed by atoms with Crippen LogP contribution in [-0.4, -0.2) is 42.4 Å². The first-order chi connectivity index (χ1) is 12.6. The molecule has 0 atom stereocenters. The molecule has 1 N–H and O–H groups in total. The van der Waals surface area contributed by atoms with Crippen LogP contribution in [0.2, 0.25) is 5.02 Å². The molecule has 27 heavy (non-hydrogen) atoms. The zero-order valence-corrected chi connectivity index (χ0v) is 15.2. The lowest BCUT2D eigenvalue weighted by Gasteiger charge is -2.30. The van der Waals surface area contributed by atoms with E-state index < -0.39 is 29.2 Å². The first-order valence-corrected chi connectivity index (χ1v) is 8.65. The van der Waals surface area contributed by atoms with Crippen molar-refractivity contribution in [3.05, 3.63) is 28.8 Å². The number of rotatable bonds is 3. The molecule has 0 spiro atoms. The number of esters is 1. The summed E-state index contributed by atoms with van der Waals surface area (Å²) in [6.45, 7) is 2.22. The van der Waals surface area contributed by atoms with Crippen molar-refractivity contribution in [2.45, 2.75) is 25.9 Å². The van der Waals surface area contributed by atoms with Gasteiger partial charge < -0.3 is 15.0 Å². The summed E-state index contributed by atoms with van der Waals surface area (Å²) in [5.41, 5.74) is -1.69. The van der Waals surface area contributed by atoms with Crippen molar-refractivity contribution in [2.24, 2.45) is 5.92 Å². The minimum Gasteiger partial charge on any atom is -0.466 e. The van der Waals surface area contributed by atoms with Crippen LogP contribution in [0.15, 0.2) is 18.2 Å². The van der Waals surface area contributed by atoms with E-state index in [0.29, 0.717) is 18.9 Å². The quantitative estimate of drug-likeness (QED) is 0.618. The third kappa shape index (κ3) is 5.35. The van der Waals surface area contributed by atoms with Crippen LogP contribution in [0.1, 0.15) is 25.3 Å². The fraction of sp³-hybridized carbons (Fsp3) is 0.471. The molecule has 2 rings (SSSR count). The van der Waals surface area contributed by atoms with Gasteiger partial charge in [0.2, 0.25) is 0 Å². The van der Waals surface area contributed by atoms with Crippen molar-refractivity contribution < 1.29 is 32.3 Å². The molecule has 6 nitrogen and oxygen atoms in total. The summed E-state index contributed by atoms with van der Waals surface area (Å²) in [5, 5.41) is 1.85. The van der Waals surface area contributed by atoms with Gasteiger partial charge in [0.25, 0.3) is 0 Å². The predicted octanol–water partition coefficient (Wildman–Crippen LogP) is 3.10. The summed E-state index contributed by atoms with van der Waals surface area (Å²) in [5.74, 6) is -2.85. The lowest BCUT2D eigenvalue weighted by atomic mass is 9.97. The van der Waals surface area contributed by atoms with Crippen LogP contribution in [0.25, 0.3) is 0 Å². The standard InChI is InChI=1S/C17H18ClF3N2O4/c1-2-27-16(26)10-5-7-23(8-6-10)15(25)14(24)22-13-4-3-11(18)9-12(13)17(19,20)21/h3-4,9-10H,2,5-8H2,1H3,(H,22,24). The molecule has 1 aromatic rings. The number of likely N-dealkylation sites (tertiary alicyclic amines) is 1. The first-order valence-electron chi connectivity index (χ1n) is 8.27. The van der Waals surface area contributed by atoms with Crippen LogP contribution >= 0.6 is 11.6 Å². The van der Waals surface area contributed by atoms with Gasteiger partial charge in [-0.25, -0.2) is 0 Å². The van der Waals surface area contributed by atoms with Gasteiger partial charge in [-0.05, 0) is 38.0 Å². The highest BCUT2D eigenvalue weighted by atomic mass is 35.5. The molecule has 1 aliphatic heterocycles. The molecule has 1 aromatic carbocycles. The molecule has 1 saturated heterocycles. The van der Waals surface area contributed by atoms with Gasteiger partial charge in [0.05, 0.1) is 23.8 Å². The van der Waals surface area contributed by atoms with Crippen molar-refractivity contribution in [1.29, 1.82) is 0 Å². The number of carbonyl (C=O) groups excluding carboxylic acids is 3. The Morgan fingerprint density at radius 3 is 2.44 bits per heavy atom. The summed E-state index contributed by atoms with van der Waals surface area (Å²) >= 11 is 5.58. The molecule has 2 amide bonds. The molecule has 0 radical (unpaired) electrons. The molecule has 0 unspecified atom stereocenters. The highest BCUT2D eigenvalue weighted by Gasteiger charge is 2.36. The van der Waals surface area contributed by atoms with Gasteiger partial charge in [-0.1, -0.05) is 11.6 Å². The minimum absolute atomic E-state index is 0.141. The number of amides is 2. The van der Waals surface area contributed by atoms with Gasteiger partial charge in [-0.3, -0.25) is 14.4 Å². The van der Waals surface area contributed by atoms with E-state index in [4.69, 9.17) is 16.3 Å². The number of hydrogen-bond acceptors (Lipinski definition) is 4. The second-order valence-electron chi connectivity index (χ2n) is 5.96. The smallest absolute Gasteiger partial charge is 0.418 e.